The maximum absolute atomic E-state index is 12.8. The third-order valence-electron chi connectivity index (χ3n) is 5.68. The second-order valence-electron chi connectivity index (χ2n) is 9.49. The summed E-state index contributed by atoms with van der Waals surface area (Å²) in [6.07, 6.45) is 0. The third-order valence-corrected chi connectivity index (χ3v) is 5.68. The van der Waals surface area contributed by atoms with Crippen LogP contribution in [0.5, 0.6) is 0 Å². The first-order valence-corrected chi connectivity index (χ1v) is 11.2. The van der Waals surface area contributed by atoms with Crippen LogP contribution in [0, 0.1) is 6.92 Å². The summed E-state index contributed by atoms with van der Waals surface area (Å²) in [5.74, 6) is 0.442. The van der Waals surface area contributed by atoms with Crippen molar-refractivity contribution in [3.05, 3.63) is 47.2 Å². The van der Waals surface area contributed by atoms with Crippen LogP contribution in [0.25, 0.3) is 0 Å². The van der Waals surface area contributed by atoms with Crippen LogP contribution < -0.4 is 10.6 Å². The molecule has 1 aromatic carbocycles. The van der Waals surface area contributed by atoms with Gasteiger partial charge in [0.25, 0.3) is 5.91 Å². The van der Waals surface area contributed by atoms with Crippen LogP contribution in [0.2, 0.25) is 0 Å². The average Bonchev–Trinajstić information content (AvgIpc) is 3.17. The predicted octanol–water partition coefficient (Wildman–Crippen LogP) is 2.18. The molecule has 9 heteroatoms. The molecular formula is C24H33N5O4. The van der Waals surface area contributed by atoms with E-state index in [-0.39, 0.29) is 29.7 Å². The number of hydrogen-bond acceptors (Lipinski definition) is 6. The van der Waals surface area contributed by atoms with Crippen LogP contribution in [-0.4, -0.2) is 71.4 Å². The summed E-state index contributed by atoms with van der Waals surface area (Å²) in [5.41, 5.74) is 1.68. The molecule has 3 rings (SSSR count). The molecule has 0 bridgehead atoms. The second-order valence-corrected chi connectivity index (χ2v) is 9.49. The molecule has 0 spiro atoms. The third kappa shape index (κ3) is 6.64. The van der Waals surface area contributed by atoms with Gasteiger partial charge in [-0.15, -0.1) is 0 Å². The number of carbonyl (C=O) groups excluding carboxylic acids is 3. The van der Waals surface area contributed by atoms with Gasteiger partial charge in [-0.3, -0.25) is 19.3 Å². The first-order chi connectivity index (χ1) is 15.5. The van der Waals surface area contributed by atoms with Crippen molar-refractivity contribution in [1.29, 1.82) is 0 Å². The highest BCUT2D eigenvalue weighted by Crippen LogP contribution is 2.22. The summed E-state index contributed by atoms with van der Waals surface area (Å²) in [7, 11) is 0. The normalized spacial score (nSPS) is 15.7. The van der Waals surface area contributed by atoms with Crippen molar-refractivity contribution in [2.45, 2.75) is 46.1 Å². The molecule has 2 heterocycles. The fourth-order valence-corrected chi connectivity index (χ4v) is 3.67. The van der Waals surface area contributed by atoms with Gasteiger partial charge in [0, 0.05) is 37.8 Å². The van der Waals surface area contributed by atoms with Crippen LogP contribution in [-0.2, 0) is 15.0 Å². The monoisotopic (exact) mass is 455 g/mol. The molecule has 9 nitrogen and oxygen atoms in total. The molecule has 1 fully saturated rings. The average molecular weight is 456 g/mol. The number of anilines is 1. The molecular weight excluding hydrogens is 422 g/mol. The molecule has 3 amide bonds. The van der Waals surface area contributed by atoms with Crippen LogP contribution in [0.1, 0.15) is 49.4 Å². The quantitative estimate of drug-likeness (QED) is 0.691. The minimum Gasteiger partial charge on any atom is -0.360 e. The number of nitrogens with one attached hydrogen (secondary N) is 2. The minimum atomic E-state index is -0.634. The zero-order valence-electron chi connectivity index (χ0n) is 20.0. The number of aryl methyl sites for hydroxylation is 1. The van der Waals surface area contributed by atoms with E-state index in [4.69, 9.17) is 4.52 Å². The lowest BCUT2D eigenvalue weighted by molar-refractivity contribution is -0.134. The fourth-order valence-electron chi connectivity index (χ4n) is 3.67. The summed E-state index contributed by atoms with van der Waals surface area (Å²) >= 11 is 0. The van der Waals surface area contributed by atoms with E-state index in [0.29, 0.717) is 43.3 Å². The van der Waals surface area contributed by atoms with E-state index in [1.54, 1.807) is 36.9 Å². The summed E-state index contributed by atoms with van der Waals surface area (Å²) in [5, 5.41) is 9.25. The van der Waals surface area contributed by atoms with Crippen molar-refractivity contribution in [1.82, 2.24) is 20.3 Å². The number of hydrogen-bond donors (Lipinski definition) is 2. The Balaban J connectivity index is 1.44. The zero-order valence-corrected chi connectivity index (χ0v) is 20.0. The highest BCUT2D eigenvalue weighted by molar-refractivity contribution is 5.97. The number of amides is 3. The molecule has 1 atom stereocenters. The van der Waals surface area contributed by atoms with Crippen LogP contribution in [0.3, 0.4) is 0 Å². The van der Waals surface area contributed by atoms with Crippen molar-refractivity contribution in [2.24, 2.45) is 0 Å². The molecule has 178 valence electrons. The van der Waals surface area contributed by atoms with E-state index in [0.717, 1.165) is 5.56 Å². The van der Waals surface area contributed by atoms with Gasteiger partial charge < -0.3 is 20.1 Å². The van der Waals surface area contributed by atoms with E-state index < -0.39 is 6.04 Å². The molecule has 0 saturated carbocycles. The number of nitrogens with zero attached hydrogens (tertiary/aromatic N) is 3. The summed E-state index contributed by atoms with van der Waals surface area (Å²) in [6.45, 7) is 12.2. The Hall–Kier alpha value is -3.20. The van der Waals surface area contributed by atoms with E-state index in [1.807, 2.05) is 17.0 Å². The fraction of sp³-hybridized carbons (Fsp3) is 0.500. The largest absolute Gasteiger partial charge is 0.360 e. The molecule has 1 aliphatic heterocycles. The van der Waals surface area contributed by atoms with Gasteiger partial charge in [-0.05, 0) is 37.0 Å². The Bertz CT molecular complexity index is 985. The van der Waals surface area contributed by atoms with Crippen molar-refractivity contribution in [3.63, 3.8) is 0 Å². The SMILES string of the molecule is Cc1cc(NC(=O)CN2CCN(C(=O)[C@H](C)NC(=O)c3ccc(C(C)(C)C)cc3)CC2)no1. The maximum Gasteiger partial charge on any atom is 0.251 e. The molecule has 2 aromatic rings. The van der Waals surface area contributed by atoms with Gasteiger partial charge in [-0.2, -0.15) is 0 Å². The molecule has 1 aliphatic rings. The van der Waals surface area contributed by atoms with Gasteiger partial charge in [0.2, 0.25) is 11.8 Å². The minimum absolute atomic E-state index is 0.0102. The summed E-state index contributed by atoms with van der Waals surface area (Å²) < 4.78 is 4.94. The predicted molar refractivity (Wildman–Crippen MR) is 125 cm³/mol. The van der Waals surface area contributed by atoms with Crippen molar-refractivity contribution >= 4 is 23.5 Å². The zero-order chi connectivity index (χ0) is 24.2. The lowest BCUT2D eigenvalue weighted by Gasteiger charge is -2.35. The highest BCUT2D eigenvalue weighted by atomic mass is 16.5. The van der Waals surface area contributed by atoms with Crippen LogP contribution in [0.15, 0.2) is 34.9 Å². The van der Waals surface area contributed by atoms with Gasteiger partial charge in [0.15, 0.2) is 5.82 Å². The lowest BCUT2D eigenvalue weighted by Crippen LogP contribution is -2.55. The van der Waals surface area contributed by atoms with Crippen molar-refractivity contribution < 1.29 is 18.9 Å². The van der Waals surface area contributed by atoms with Gasteiger partial charge >= 0.3 is 0 Å². The van der Waals surface area contributed by atoms with Gasteiger partial charge in [-0.1, -0.05) is 38.1 Å². The molecule has 33 heavy (non-hydrogen) atoms. The smallest absolute Gasteiger partial charge is 0.251 e. The van der Waals surface area contributed by atoms with Crippen LogP contribution in [0.4, 0.5) is 5.82 Å². The Kier molecular flexibility index (Phi) is 7.53. The first kappa shape index (κ1) is 24.4. The first-order valence-electron chi connectivity index (χ1n) is 11.2. The Morgan fingerprint density at radius 2 is 1.73 bits per heavy atom. The van der Waals surface area contributed by atoms with E-state index >= 15 is 0 Å². The van der Waals surface area contributed by atoms with Gasteiger partial charge in [0.05, 0.1) is 6.54 Å². The Labute approximate surface area is 194 Å². The molecule has 1 aromatic heterocycles. The number of piperazine rings is 1. The molecule has 1 saturated heterocycles. The molecule has 2 N–H and O–H groups in total. The van der Waals surface area contributed by atoms with Crippen LogP contribution >= 0.6 is 0 Å². The van der Waals surface area contributed by atoms with Crippen molar-refractivity contribution in [2.75, 3.05) is 38.0 Å². The molecule has 0 unspecified atom stereocenters. The maximum atomic E-state index is 12.8. The standard InChI is InChI=1S/C24H33N5O4/c1-16-14-20(27-33-16)26-21(30)15-28-10-12-29(13-11-28)23(32)17(2)25-22(31)18-6-8-19(9-7-18)24(3,4)5/h6-9,14,17H,10-13,15H2,1-5H3,(H,25,31)(H,26,27,30)/t17-/m0/s1. The molecule has 0 aliphatic carbocycles. The number of benzene rings is 1. The van der Waals surface area contributed by atoms with Crippen molar-refractivity contribution in [3.8, 4) is 0 Å². The summed E-state index contributed by atoms with van der Waals surface area (Å²) in [6, 6.07) is 8.49. The highest BCUT2D eigenvalue weighted by Gasteiger charge is 2.27. The molecule has 0 radical (unpaired) electrons. The Morgan fingerprint density at radius 3 is 2.27 bits per heavy atom. The van der Waals surface area contributed by atoms with E-state index in [9.17, 15) is 14.4 Å². The lowest BCUT2D eigenvalue weighted by atomic mass is 9.86. The summed E-state index contributed by atoms with van der Waals surface area (Å²) in [4.78, 5) is 41.3. The van der Waals surface area contributed by atoms with Gasteiger partial charge in [0.1, 0.15) is 11.8 Å². The van der Waals surface area contributed by atoms with E-state index in [2.05, 4.69) is 36.6 Å². The topological polar surface area (TPSA) is 108 Å². The van der Waals surface area contributed by atoms with E-state index in [1.165, 1.54) is 0 Å². The number of aromatic nitrogens is 1. The number of rotatable bonds is 6. The number of carbonyl (C=O) groups is 3. The van der Waals surface area contributed by atoms with Gasteiger partial charge in [-0.25, -0.2) is 0 Å². The Morgan fingerprint density at radius 1 is 1.09 bits per heavy atom. The second kappa shape index (κ2) is 10.2.